The minimum atomic E-state index is -0.674. The van der Waals surface area contributed by atoms with E-state index in [-0.39, 0.29) is 35.6 Å². The normalized spacial score (nSPS) is 31.0. The minimum Gasteiger partial charge on any atom is -0.352 e. The Balaban J connectivity index is 1.65. The third kappa shape index (κ3) is 2.77. The summed E-state index contributed by atoms with van der Waals surface area (Å²) >= 11 is 0. The molecule has 22 heavy (non-hydrogen) atoms. The van der Waals surface area contributed by atoms with Crippen molar-refractivity contribution in [2.75, 3.05) is 0 Å². The molecule has 3 rings (SSSR count). The van der Waals surface area contributed by atoms with Gasteiger partial charge in [0.15, 0.2) is 0 Å². The van der Waals surface area contributed by atoms with E-state index in [2.05, 4.69) is 5.32 Å². The second-order valence-corrected chi connectivity index (χ2v) is 7.06. The maximum Gasteiger partial charge on any atom is 0.243 e. The number of hydrogen-bond donors (Lipinski definition) is 1. The fourth-order valence-corrected chi connectivity index (χ4v) is 4.26. The largest absolute Gasteiger partial charge is 0.352 e. The van der Waals surface area contributed by atoms with Gasteiger partial charge in [-0.25, -0.2) is 0 Å². The lowest BCUT2D eigenvalue weighted by atomic mass is 9.81. The minimum absolute atomic E-state index is 0.124. The Morgan fingerprint density at radius 1 is 0.955 bits per heavy atom. The fourth-order valence-electron chi connectivity index (χ4n) is 4.26. The molecule has 0 bridgehead atoms. The quantitative estimate of drug-likeness (QED) is 0.811. The Labute approximate surface area is 131 Å². The highest BCUT2D eigenvalue weighted by Gasteiger charge is 2.50. The first kappa shape index (κ1) is 15.5. The summed E-state index contributed by atoms with van der Waals surface area (Å²) in [6.45, 7) is 1.69. The maximum atomic E-state index is 12.5. The van der Waals surface area contributed by atoms with Crippen LogP contribution in [0.1, 0.15) is 64.7 Å². The van der Waals surface area contributed by atoms with Crippen molar-refractivity contribution >= 4 is 17.7 Å². The third-order valence-corrected chi connectivity index (χ3v) is 5.59. The highest BCUT2D eigenvalue weighted by molar-refractivity contribution is 6.08. The van der Waals surface area contributed by atoms with Crippen LogP contribution in [0.3, 0.4) is 0 Å². The van der Waals surface area contributed by atoms with Crippen molar-refractivity contribution in [1.82, 2.24) is 10.2 Å². The lowest BCUT2D eigenvalue weighted by Gasteiger charge is -2.27. The van der Waals surface area contributed by atoms with Crippen molar-refractivity contribution in [3.63, 3.8) is 0 Å². The number of carbonyl (C=O) groups is 3. The van der Waals surface area contributed by atoms with Crippen LogP contribution in [0.2, 0.25) is 0 Å². The molecule has 5 heteroatoms. The summed E-state index contributed by atoms with van der Waals surface area (Å²) in [7, 11) is 0. The number of rotatable bonds is 3. The zero-order chi connectivity index (χ0) is 15.7. The number of fused-ring (bicyclic) bond motifs is 1. The van der Waals surface area contributed by atoms with Crippen LogP contribution in [0.15, 0.2) is 0 Å². The smallest absolute Gasteiger partial charge is 0.243 e. The molecule has 1 aliphatic heterocycles. The predicted octanol–water partition coefficient (Wildman–Crippen LogP) is 2.00. The van der Waals surface area contributed by atoms with Crippen molar-refractivity contribution < 1.29 is 14.4 Å². The van der Waals surface area contributed by atoms with Crippen LogP contribution in [-0.2, 0) is 14.4 Å². The predicted molar refractivity (Wildman–Crippen MR) is 81.8 cm³/mol. The van der Waals surface area contributed by atoms with Crippen LogP contribution in [-0.4, -0.2) is 34.7 Å². The SMILES string of the molecule is CC(C(=O)NC1CCCCC1)N1C(=O)C2CCCCC2C1=O. The molecule has 3 aliphatic rings. The average molecular weight is 306 g/mol. The van der Waals surface area contributed by atoms with E-state index in [0.717, 1.165) is 51.4 Å². The highest BCUT2D eigenvalue weighted by atomic mass is 16.2. The summed E-state index contributed by atoms with van der Waals surface area (Å²) in [5.41, 5.74) is 0. The topological polar surface area (TPSA) is 66.5 Å². The first-order valence-electron chi connectivity index (χ1n) is 8.77. The summed E-state index contributed by atoms with van der Waals surface area (Å²) in [5.74, 6) is -0.772. The van der Waals surface area contributed by atoms with Gasteiger partial charge in [0.2, 0.25) is 17.7 Å². The first-order valence-corrected chi connectivity index (χ1v) is 8.77. The summed E-state index contributed by atoms with van der Waals surface area (Å²) in [5, 5.41) is 3.03. The second-order valence-electron chi connectivity index (χ2n) is 7.06. The molecule has 2 aliphatic carbocycles. The van der Waals surface area contributed by atoms with Gasteiger partial charge in [0.05, 0.1) is 11.8 Å². The van der Waals surface area contributed by atoms with Gasteiger partial charge < -0.3 is 5.32 Å². The van der Waals surface area contributed by atoms with Crippen molar-refractivity contribution in [2.24, 2.45) is 11.8 Å². The number of hydrogen-bond acceptors (Lipinski definition) is 3. The van der Waals surface area contributed by atoms with E-state index in [4.69, 9.17) is 0 Å². The summed E-state index contributed by atoms with van der Waals surface area (Å²) in [6, 6.07) is -0.466. The Bertz CT molecular complexity index is 447. The molecule has 122 valence electrons. The summed E-state index contributed by atoms with van der Waals surface area (Å²) in [4.78, 5) is 38.7. The van der Waals surface area contributed by atoms with Crippen molar-refractivity contribution in [1.29, 1.82) is 0 Å². The summed E-state index contributed by atoms with van der Waals surface area (Å²) < 4.78 is 0. The molecular weight excluding hydrogens is 280 g/mol. The van der Waals surface area contributed by atoms with E-state index in [1.807, 2.05) is 0 Å². The lowest BCUT2D eigenvalue weighted by Crippen LogP contribution is -2.51. The van der Waals surface area contributed by atoms with Crippen LogP contribution < -0.4 is 5.32 Å². The number of carbonyl (C=O) groups excluding carboxylic acids is 3. The van der Waals surface area contributed by atoms with Gasteiger partial charge in [-0.15, -0.1) is 0 Å². The number of amides is 3. The molecular formula is C17H26N2O3. The zero-order valence-corrected chi connectivity index (χ0v) is 13.3. The van der Waals surface area contributed by atoms with Gasteiger partial charge in [-0.2, -0.15) is 0 Å². The van der Waals surface area contributed by atoms with Gasteiger partial charge in [-0.3, -0.25) is 19.3 Å². The van der Waals surface area contributed by atoms with E-state index in [9.17, 15) is 14.4 Å². The number of nitrogens with one attached hydrogen (secondary N) is 1. The maximum absolute atomic E-state index is 12.5. The highest BCUT2D eigenvalue weighted by Crippen LogP contribution is 2.38. The molecule has 3 fully saturated rings. The molecule has 0 aromatic rings. The van der Waals surface area contributed by atoms with E-state index < -0.39 is 6.04 Å². The number of imide groups is 1. The molecule has 0 spiro atoms. The van der Waals surface area contributed by atoms with Crippen molar-refractivity contribution in [3.05, 3.63) is 0 Å². The van der Waals surface area contributed by atoms with Gasteiger partial charge in [0, 0.05) is 6.04 Å². The molecule has 3 amide bonds. The van der Waals surface area contributed by atoms with Crippen LogP contribution in [0, 0.1) is 11.8 Å². The second kappa shape index (κ2) is 6.39. The molecule has 1 heterocycles. The molecule has 3 atom stereocenters. The van der Waals surface area contributed by atoms with Crippen LogP contribution in [0.5, 0.6) is 0 Å². The number of likely N-dealkylation sites (tertiary alicyclic amines) is 1. The Morgan fingerprint density at radius 2 is 1.45 bits per heavy atom. The molecule has 1 N–H and O–H groups in total. The van der Waals surface area contributed by atoms with Crippen LogP contribution >= 0.6 is 0 Å². The van der Waals surface area contributed by atoms with E-state index in [0.29, 0.717) is 0 Å². The lowest BCUT2D eigenvalue weighted by molar-refractivity contribution is -0.147. The molecule has 0 aromatic heterocycles. The Hall–Kier alpha value is -1.39. The molecule has 0 aromatic carbocycles. The average Bonchev–Trinajstić information content (AvgIpc) is 2.79. The monoisotopic (exact) mass is 306 g/mol. The van der Waals surface area contributed by atoms with Crippen LogP contribution in [0.25, 0.3) is 0 Å². The van der Waals surface area contributed by atoms with E-state index in [1.54, 1.807) is 6.92 Å². The Kier molecular flexibility index (Phi) is 4.50. The molecule has 3 unspecified atom stereocenters. The van der Waals surface area contributed by atoms with Gasteiger partial charge in [0.25, 0.3) is 0 Å². The van der Waals surface area contributed by atoms with Gasteiger partial charge in [0.1, 0.15) is 6.04 Å². The molecule has 5 nitrogen and oxygen atoms in total. The van der Waals surface area contributed by atoms with Crippen LogP contribution in [0.4, 0.5) is 0 Å². The zero-order valence-electron chi connectivity index (χ0n) is 13.3. The first-order chi connectivity index (χ1) is 10.6. The van der Waals surface area contributed by atoms with Crippen molar-refractivity contribution in [3.8, 4) is 0 Å². The third-order valence-electron chi connectivity index (χ3n) is 5.59. The van der Waals surface area contributed by atoms with E-state index in [1.165, 1.54) is 11.3 Å². The van der Waals surface area contributed by atoms with Gasteiger partial charge in [-0.1, -0.05) is 32.1 Å². The van der Waals surface area contributed by atoms with Crippen molar-refractivity contribution in [2.45, 2.75) is 76.8 Å². The standard InChI is InChI=1S/C17H26N2O3/c1-11(15(20)18-12-7-3-2-4-8-12)19-16(21)13-9-5-6-10-14(13)17(19)22/h11-14H,2-10H2,1H3,(H,18,20). The molecule has 2 saturated carbocycles. The number of nitrogens with zero attached hydrogens (tertiary/aromatic N) is 1. The summed E-state index contributed by atoms with van der Waals surface area (Å²) in [6.07, 6.45) is 9.14. The fraction of sp³-hybridized carbons (Fsp3) is 0.824. The van der Waals surface area contributed by atoms with Gasteiger partial charge in [-0.05, 0) is 32.6 Å². The molecule has 0 radical (unpaired) electrons. The van der Waals surface area contributed by atoms with E-state index >= 15 is 0 Å². The Morgan fingerprint density at radius 3 is 2.00 bits per heavy atom. The molecule has 1 saturated heterocycles. The van der Waals surface area contributed by atoms with Gasteiger partial charge >= 0.3 is 0 Å².